The number of halogens is 2. The molecule has 0 fully saturated rings. The molecule has 8 heteroatoms. The van der Waals surface area contributed by atoms with E-state index in [0.717, 1.165) is 17.7 Å². The third-order valence-electron chi connectivity index (χ3n) is 3.91. The summed E-state index contributed by atoms with van der Waals surface area (Å²) in [5, 5.41) is 13.3. The molecule has 0 bridgehead atoms. The number of rotatable bonds is 8. The number of amides is 2. The summed E-state index contributed by atoms with van der Waals surface area (Å²) in [6, 6.07) is 13.0. The van der Waals surface area contributed by atoms with Crippen LogP contribution in [-0.2, 0) is 22.6 Å². The molecule has 2 N–H and O–H groups in total. The first kappa shape index (κ1) is 20.8. The van der Waals surface area contributed by atoms with Crippen LogP contribution in [0.25, 0.3) is 0 Å². The minimum absolute atomic E-state index is 0.00114. The zero-order valence-corrected chi connectivity index (χ0v) is 15.0. The number of nitrogens with one attached hydrogen (secondary N) is 2. The molecular formula is C20H19F2N3O3. The number of nitriles is 1. The highest BCUT2D eigenvalue weighted by molar-refractivity contribution is 5.85. The van der Waals surface area contributed by atoms with Crippen molar-refractivity contribution in [3.63, 3.8) is 0 Å². The van der Waals surface area contributed by atoms with E-state index in [1.807, 2.05) is 6.07 Å². The van der Waals surface area contributed by atoms with Gasteiger partial charge in [0.15, 0.2) is 0 Å². The van der Waals surface area contributed by atoms with Gasteiger partial charge in [-0.15, -0.1) is 0 Å². The van der Waals surface area contributed by atoms with Crippen molar-refractivity contribution >= 4 is 12.0 Å². The number of hydrogen-bond donors (Lipinski definition) is 2. The minimum Gasteiger partial charge on any atom is -0.445 e. The van der Waals surface area contributed by atoms with Gasteiger partial charge < -0.3 is 15.4 Å². The Morgan fingerprint density at radius 1 is 1.07 bits per heavy atom. The SMILES string of the molecule is N#CCNC(=O)C(CCc1c(F)cccc1F)NC(=O)OCc1ccccc1. The van der Waals surface area contributed by atoms with Crippen LogP contribution in [0.5, 0.6) is 0 Å². The molecule has 2 rings (SSSR count). The van der Waals surface area contributed by atoms with Crippen LogP contribution in [0.4, 0.5) is 13.6 Å². The molecule has 2 aromatic rings. The Morgan fingerprint density at radius 2 is 1.75 bits per heavy atom. The quantitative estimate of drug-likeness (QED) is 0.682. The van der Waals surface area contributed by atoms with Gasteiger partial charge in [-0.3, -0.25) is 4.79 Å². The second kappa shape index (κ2) is 10.6. The molecule has 1 atom stereocenters. The first-order valence-corrected chi connectivity index (χ1v) is 8.56. The summed E-state index contributed by atoms with van der Waals surface area (Å²) >= 11 is 0. The largest absolute Gasteiger partial charge is 0.445 e. The van der Waals surface area contributed by atoms with Gasteiger partial charge in [0.2, 0.25) is 5.91 Å². The molecule has 6 nitrogen and oxygen atoms in total. The third-order valence-corrected chi connectivity index (χ3v) is 3.91. The van der Waals surface area contributed by atoms with Crippen LogP contribution in [0, 0.1) is 23.0 Å². The van der Waals surface area contributed by atoms with E-state index in [1.54, 1.807) is 30.3 Å². The molecule has 0 aliphatic heterocycles. The van der Waals surface area contributed by atoms with Gasteiger partial charge in [-0.1, -0.05) is 36.4 Å². The Balaban J connectivity index is 1.99. The molecule has 146 valence electrons. The highest BCUT2D eigenvalue weighted by atomic mass is 19.1. The average molecular weight is 387 g/mol. The van der Waals surface area contributed by atoms with Crippen LogP contribution in [0.2, 0.25) is 0 Å². The normalized spacial score (nSPS) is 11.2. The fourth-order valence-electron chi connectivity index (χ4n) is 2.49. The topological polar surface area (TPSA) is 91.2 Å². The summed E-state index contributed by atoms with van der Waals surface area (Å²) in [5.41, 5.74) is 0.580. The number of nitrogens with zero attached hydrogens (tertiary/aromatic N) is 1. The molecule has 1 unspecified atom stereocenters. The maximum absolute atomic E-state index is 13.8. The van der Waals surface area contributed by atoms with E-state index >= 15 is 0 Å². The number of benzene rings is 2. The number of hydrogen-bond acceptors (Lipinski definition) is 4. The number of carbonyl (C=O) groups is 2. The first-order valence-electron chi connectivity index (χ1n) is 8.56. The number of alkyl carbamates (subject to hydrolysis) is 1. The lowest BCUT2D eigenvalue weighted by Crippen LogP contribution is -2.47. The molecular weight excluding hydrogens is 368 g/mol. The average Bonchev–Trinajstić information content (AvgIpc) is 2.70. The molecule has 0 saturated carbocycles. The van der Waals surface area contributed by atoms with Gasteiger partial charge in [0.05, 0.1) is 6.07 Å². The Hall–Kier alpha value is -3.47. The molecule has 0 radical (unpaired) electrons. The van der Waals surface area contributed by atoms with Crippen LogP contribution in [0.1, 0.15) is 17.5 Å². The monoisotopic (exact) mass is 387 g/mol. The molecule has 0 spiro atoms. The summed E-state index contributed by atoms with van der Waals surface area (Å²) in [6.07, 6.45) is -1.05. The molecule has 0 heterocycles. The van der Waals surface area contributed by atoms with Crippen molar-refractivity contribution in [2.24, 2.45) is 0 Å². The van der Waals surface area contributed by atoms with E-state index in [1.165, 1.54) is 6.07 Å². The van der Waals surface area contributed by atoms with Crippen molar-refractivity contribution in [1.82, 2.24) is 10.6 Å². The zero-order valence-electron chi connectivity index (χ0n) is 15.0. The second-order valence-electron chi connectivity index (χ2n) is 5.87. The molecule has 2 amide bonds. The van der Waals surface area contributed by atoms with Crippen molar-refractivity contribution in [2.75, 3.05) is 6.54 Å². The smallest absolute Gasteiger partial charge is 0.408 e. The summed E-state index contributed by atoms with van der Waals surface area (Å²) in [7, 11) is 0. The van der Waals surface area contributed by atoms with E-state index < -0.39 is 29.7 Å². The molecule has 0 aromatic heterocycles. The van der Waals surface area contributed by atoms with Gasteiger partial charge in [0, 0.05) is 5.56 Å². The van der Waals surface area contributed by atoms with Crippen molar-refractivity contribution in [1.29, 1.82) is 5.26 Å². The number of carbonyl (C=O) groups excluding carboxylic acids is 2. The summed E-state index contributed by atoms with van der Waals surface area (Å²) < 4.78 is 32.6. The van der Waals surface area contributed by atoms with E-state index in [9.17, 15) is 18.4 Å². The Morgan fingerprint density at radius 3 is 2.39 bits per heavy atom. The van der Waals surface area contributed by atoms with Crippen LogP contribution >= 0.6 is 0 Å². The van der Waals surface area contributed by atoms with Crippen molar-refractivity contribution in [3.05, 3.63) is 71.3 Å². The van der Waals surface area contributed by atoms with Crippen LogP contribution in [-0.4, -0.2) is 24.6 Å². The Labute approximate surface area is 161 Å². The van der Waals surface area contributed by atoms with Crippen LogP contribution < -0.4 is 10.6 Å². The lowest BCUT2D eigenvalue weighted by atomic mass is 10.0. The maximum atomic E-state index is 13.8. The predicted molar refractivity (Wildman–Crippen MR) is 96.9 cm³/mol. The summed E-state index contributed by atoms with van der Waals surface area (Å²) in [5.74, 6) is -2.11. The van der Waals surface area contributed by atoms with Gasteiger partial charge in [-0.25, -0.2) is 13.6 Å². The number of ether oxygens (including phenoxy) is 1. The Kier molecular flexibility index (Phi) is 7.91. The maximum Gasteiger partial charge on any atom is 0.408 e. The third kappa shape index (κ3) is 6.36. The molecule has 0 saturated heterocycles. The van der Waals surface area contributed by atoms with Gasteiger partial charge in [0.25, 0.3) is 0 Å². The fraction of sp³-hybridized carbons (Fsp3) is 0.250. The fourth-order valence-corrected chi connectivity index (χ4v) is 2.49. The predicted octanol–water partition coefficient (Wildman–Crippen LogP) is 2.83. The van der Waals surface area contributed by atoms with Gasteiger partial charge in [0.1, 0.15) is 30.8 Å². The lowest BCUT2D eigenvalue weighted by Gasteiger charge is -2.18. The van der Waals surface area contributed by atoms with Gasteiger partial charge in [-0.2, -0.15) is 5.26 Å². The van der Waals surface area contributed by atoms with E-state index in [-0.39, 0.29) is 31.6 Å². The van der Waals surface area contributed by atoms with Crippen molar-refractivity contribution in [3.8, 4) is 6.07 Å². The summed E-state index contributed by atoms with van der Waals surface area (Å²) in [6.45, 7) is -0.259. The van der Waals surface area contributed by atoms with E-state index in [0.29, 0.717) is 0 Å². The first-order chi connectivity index (χ1) is 13.5. The zero-order chi connectivity index (χ0) is 20.4. The molecule has 28 heavy (non-hydrogen) atoms. The highest BCUT2D eigenvalue weighted by Gasteiger charge is 2.22. The van der Waals surface area contributed by atoms with E-state index in [4.69, 9.17) is 10.00 Å². The van der Waals surface area contributed by atoms with Crippen molar-refractivity contribution in [2.45, 2.75) is 25.5 Å². The Bertz CT molecular complexity index is 833. The van der Waals surface area contributed by atoms with Crippen molar-refractivity contribution < 1.29 is 23.1 Å². The van der Waals surface area contributed by atoms with Crippen LogP contribution in [0.3, 0.4) is 0 Å². The van der Waals surface area contributed by atoms with Gasteiger partial charge in [-0.05, 0) is 30.5 Å². The van der Waals surface area contributed by atoms with Crippen LogP contribution in [0.15, 0.2) is 48.5 Å². The molecule has 0 aliphatic carbocycles. The summed E-state index contributed by atoms with van der Waals surface area (Å²) in [4.78, 5) is 24.2. The molecule has 0 aliphatic rings. The molecule has 2 aromatic carbocycles. The highest BCUT2D eigenvalue weighted by Crippen LogP contribution is 2.15. The standard InChI is InChI=1S/C20H19F2N3O3/c21-16-7-4-8-17(22)15(16)9-10-18(19(26)24-12-11-23)25-20(27)28-13-14-5-2-1-3-6-14/h1-8,18H,9-10,12-13H2,(H,24,26)(H,25,27). The lowest BCUT2D eigenvalue weighted by molar-refractivity contribution is -0.123. The van der Waals surface area contributed by atoms with E-state index in [2.05, 4.69) is 10.6 Å². The van der Waals surface area contributed by atoms with Gasteiger partial charge >= 0.3 is 6.09 Å². The minimum atomic E-state index is -1.12. The second-order valence-corrected chi connectivity index (χ2v) is 5.87.